The molecular weight excluding hydrogens is 274 g/mol. The van der Waals surface area contributed by atoms with Crippen molar-refractivity contribution in [3.05, 3.63) is 18.0 Å². The number of rotatable bonds is 6. The molecule has 0 radical (unpaired) electrons. The highest BCUT2D eigenvalue weighted by molar-refractivity contribution is 7.89. The third-order valence-electron chi connectivity index (χ3n) is 4.18. The summed E-state index contributed by atoms with van der Waals surface area (Å²) in [5.41, 5.74) is 1.01. The highest BCUT2D eigenvalue weighted by Gasteiger charge is 2.31. The Morgan fingerprint density at radius 3 is 2.60 bits per heavy atom. The molecule has 1 N–H and O–H groups in total. The van der Waals surface area contributed by atoms with Crippen molar-refractivity contribution in [2.24, 2.45) is 0 Å². The second kappa shape index (κ2) is 6.28. The van der Waals surface area contributed by atoms with Gasteiger partial charge in [0.15, 0.2) is 0 Å². The first kappa shape index (κ1) is 15.5. The van der Waals surface area contributed by atoms with Gasteiger partial charge in [-0.3, -0.25) is 0 Å². The number of hydrogen-bond donors (Lipinski definition) is 1. The molecule has 1 aromatic heterocycles. The van der Waals surface area contributed by atoms with E-state index in [4.69, 9.17) is 0 Å². The molecule has 1 aliphatic rings. The largest absolute Gasteiger partial charge is 0.349 e. The predicted molar refractivity (Wildman–Crippen MR) is 80.1 cm³/mol. The highest BCUT2D eigenvalue weighted by atomic mass is 32.2. The van der Waals surface area contributed by atoms with E-state index in [1.165, 1.54) is 0 Å². The maximum atomic E-state index is 12.7. The molecule has 0 aromatic carbocycles. The predicted octanol–water partition coefficient (Wildman–Crippen LogP) is 1.79. The van der Waals surface area contributed by atoms with Crippen LogP contribution in [0, 0.1) is 0 Å². The van der Waals surface area contributed by atoms with E-state index >= 15 is 0 Å². The number of nitrogens with one attached hydrogen (secondary N) is 1. The molecule has 1 fully saturated rings. The fourth-order valence-electron chi connectivity index (χ4n) is 2.92. The van der Waals surface area contributed by atoms with Crippen LogP contribution < -0.4 is 5.32 Å². The van der Waals surface area contributed by atoms with Crippen LogP contribution >= 0.6 is 0 Å². The summed E-state index contributed by atoms with van der Waals surface area (Å²) in [6, 6.07) is 1.96. The normalized spacial score (nSPS) is 17.2. The van der Waals surface area contributed by atoms with Crippen LogP contribution in [-0.2, 0) is 23.1 Å². The van der Waals surface area contributed by atoms with Crippen molar-refractivity contribution in [1.82, 2.24) is 14.2 Å². The van der Waals surface area contributed by atoms with E-state index in [9.17, 15) is 8.42 Å². The summed E-state index contributed by atoms with van der Waals surface area (Å²) in [5.74, 6) is 0. The monoisotopic (exact) mass is 299 g/mol. The lowest BCUT2D eigenvalue weighted by Crippen LogP contribution is -2.35. The lowest BCUT2D eigenvalue weighted by atomic mass is 10.3. The van der Waals surface area contributed by atoms with E-state index in [2.05, 4.69) is 5.32 Å². The zero-order valence-electron chi connectivity index (χ0n) is 12.6. The van der Waals surface area contributed by atoms with Crippen molar-refractivity contribution < 1.29 is 8.42 Å². The minimum Gasteiger partial charge on any atom is -0.349 e. The van der Waals surface area contributed by atoms with Gasteiger partial charge in [-0.25, -0.2) is 8.42 Å². The molecule has 0 aliphatic heterocycles. The van der Waals surface area contributed by atoms with Gasteiger partial charge in [0.1, 0.15) is 4.90 Å². The van der Waals surface area contributed by atoms with E-state index in [1.54, 1.807) is 23.6 Å². The molecule has 0 saturated heterocycles. The number of aromatic nitrogens is 1. The first-order chi connectivity index (χ1) is 9.50. The van der Waals surface area contributed by atoms with Gasteiger partial charge in [-0.1, -0.05) is 12.8 Å². The second-order valence-electron chi connectivity index (χ2n) is 5.44. The van der Waals surface area contributed by atoms with Crippen molar-refractivity contribution in [3.63, 3.8) is 0 Å². The smallest absolute Gasteiger partial charge is 0.244 e. The Morgan fingerprint density at radius 1 is 1.40 bits per heavy atom. The number of sulfonamides is 1. The van der Waals surface area contributed by atoms with Crippen molar-refractivity contribution in [2.75, 3.05) is 14.1 Å². The molecule has 6 heteroatoms. The maximum absolute atomic E-state index is 12.7. The van der Waals surface area contributed by atoms with Crippen molar-refractivity contribution >= 4 is 10.0 Å². The molecule has 2 rings (SSSR count). The van der Waals surface area contributed by atoms with Crippen LogP contribution in [0.5, 0.6) is 0 Å². The summed E-state index contributed by atoms with van der Waals surface area (Å²) >= 11 is 0. The third kappa shape index (κ3) is 2.92. The summed E-state index contributed by atoms with van der Waals surface area (Å²) in [7, 11) is 0.214. The summed E-state index contributed by atoms with van der Waals surface area (Å²) in [6.07, 6.45) is 5.98. The Morgan fingerprint density at radius 2 is 2.05 bits per heavy atom. The second-order valence-corrected chi connectivity index (χ2v) is 7.44. The molecular formula is C14H25N3O2S. The quantitative estimate of drug-likeness (QED) is 0.871. The van der Waals surface area contributed by atoms with Crippen LogP contribution in [0.25, 0.3) is 0 Å². The van der Waals surface area contributed by atoms with E-state index < -0.39 is 10.0 Å². The Balaban J connectivity index is 2.28. The summed E-state index contributed by atoms with van der Waals surface area (Å²) in [6.45, 7) is 3.48. The Labute approximate surface area is 122 Å². The van der Waals surface area contributed by atoms with Gasteiger partial charge < -0.3 is 9.88 Å². The minimum atomic E-state index is -3.37. The van der Waals surface area contributed by atoms with Crippen LogP contribution in [0.3, 0.4) is 0 Å². The van der Waals surface area contributed by atoms with Crippen LogP contribution in [0.1, 0.15) is 38.3 Å². The number of hydrogen-bond acceptors (Lipinski definition) is 3. The summed E-state index contributed by atoms with van der Waals surface area (Å²) in [5, 5.41) is 3.08. The van der Waals surface area contributed by atoms with Gasteiger partial charge in [-0.2, -0.15) is 4.31 Å². The number of aryl methyl sites for hydroxylation is 1. The van der Waals surface area contributed by atoms with Crippen LogP contribution in [0.4, 0.5) is 0 Å². The van der Waals surface area contributed by atoms with Gasteiger partial charge in [-0.05, 0) is 32.9 Å². The third-order valence-corrected chi connectivity index (χ3v) is 6.05. The molecule has 114 valence electrons. The Bertz CT molecular complexity index is 545. The highest BCUT2D eigenvalue weighted by Crippen LogP contribution is 2.28. The van der Waals surface area contributed by atoms with Crippen LogP contribution in [0.15, 0.2) is 17.2 Å². The van der Waals surface area contributed by atoms with Gasteiger partial charge in [0.05, 0.1) is 0 Å². The minimum absolute atomic E-state index is 0.165. The lowest BCUT2D eigenvalue weighted by Gasteiger charge is -2.22. The van der Waals surface area contributed by atoms with Gasteiger partial charge in [0, 0.05) is 38.1 Å². The maximum Gasteiger partial charge on any atom is 0.244 e. The fourth-order valence-corrected chi connectivity index (χ4v) is 4.40. The van der Waals surface area contributed by atoms with Crippen LogP contribution in [0.2, 0.25) is 0 Å². The zero-order valence-corrected chi connectivity index (χ0v) is 13.4. The average Bonchev–Trinajstić information content (AvgIpc) is 3.07. The molecule has 0 bridgehead atoms. The molecule has 0 spiro atoms. The van der Waals surface area contributed by atoms with Crippen LogP contribution in [-0.4, -0.2) is 37.4 Å². The molecule has 0 unspecified atom stereocenters. The summed E-state index contributed by atoms with van der Waals surface area (Å²) < 4.78 is 29.0. The van der Waals surface area contributed by atoms with Crippen molar-refractivity contribution in [1.29, 1.82) is 0 Å². The Kier molecular flexibility index (Phi) is 4.88. The van der Waals surface area contributed by atoms with Gasteiger partial charge in [0.25, 0.3) is 0 Å². The first-order valence-electron chi connectivity index (χ1n) is 7.32. The van der Waals surface area contributed by atoms with E-state index in [-0.39, 0.29) is 6.04 Å². The number of nitrogens with zero attached hydrogens (tertiary/aromatic N) is 2. The van der Waals surface area contributed by atoms with Gasteiger partial charge >= 0.3 is 0 Å². The molecule has 0 amide bonds. The molecule has 5 nitrogen and oxygen atoms in total. The van der Waals surface area contributed by atoms with E-state index in [0.717, 1.165) is 37.9 Å². The first-order valence-corrected chi connectivity index (χ1v) is 8.76. The van der Waals surface area contributed by atoms with E-state index in [0.29, 0.717) is 11.4 Å². The molecule has 1 saturated carbocycles. The lowest BCUT2D eigenvalue weighted by molar-refractivity contribution is 0.373. The van der Waals surface area contributed by atoms with Crippen molar-refractivity contribution in [2.45, 2.75) is 56.6 Å². The molecule has 1 aliphatic carbocycles. The van der Waals surface area contributed by atoms with Crippen molar-refractivity contribution in [3.8, 4) is 0 Å². The fraction of sp³-hybridized carbons (Fsp3) is 0.714. The van der Waals surface area contributed by atoms with Gasteiger partial charge in [-0.15, -0.1) is 0 Å². The Hall–Kier alpha value is -0.850. The standard InChI is InChI=1S/C14H25N3O2S/c1-4-17-11-14(9-13(17)10-15-2)20(18,19)16(3)12-7-5-6-8-12/h9,11-12,15H,4-8,10H2,1-3H3. The SMILES string of the molecule is CCn1cc(S(=O)(=O)N(C)C2CCCC2)cc1CNC. The molecule has 1 aromatic rings. The average molecular weight is 299 g/mol. The molecule has 0 atom stereocenters. The summed E-state index contributed by atoms with van der Waals surface area (Å²) in [4.78, 5) is 0.416. The van der Waals surface area contributed by atoms with Gasteiger partial charge in [0.2, 0.25) is 10.0 Å². The zero-order chi connectivity index (χ0) is 14.8. The molecule has 1 heterocycles. The molecule has 20 heavy (non-hydrogen) atoms. The topological polar surface area (TPSA) is 54.3 Å². The van der Waals surface area contributed by atoms with E-state index in [1.807, 2.05) is 18.5 Å².